The minimum absolute atomic E-state index is 0.149. The first kappa shape index (κ1) is 22.9. The Morgan fingerprint density at radius 1 is 1.31 bits per heavy atom. The van der Waals surface area contributed by atoms with Crippen molar-refractivity contribution >= 4 is 29.2 Å². The number of carbonyl (C=O) groups excluding carboxylic acids is 2. The van der Waals surface area contributed by atoms with Gasteiger partial charge in [0.25, 0.3) is 12.4 Å². The molecule has 0 bridgehead atoms. The van der Waals surface area contributed by atoms with Crippen molar-refractivity contribution in [3.8, 4) is 0 Å². The fourth-order valence-corrected chi connectivity index (χ4v) is 3.71. The molecule has 5 N–H and O–H groups in total. The fourth-order valence-electron chi connectivity index (χ4n) is 3.71. The van der Waals surface area contributed by atoms with Gasteiger partial charge in [0.15, 0.2) is 5.82 Å². The van der Waals surface area contributed by atoms with E-state index in [1.54, 1.807) is 13.0 Å². The lowest BCUT2D eigenvalue weighted by molar-refractivity contribution is -0.127. The van der Waals surface area contributed by atoms with E-state index in [1.807, 2.05) is 24.3 Å². The molecule has 170 valence electrons. The van der Waals surface area contributed by atoms with Crippen LogP contribution < -0.4 is 10.6 Å². The van der Waals surface area contributed by atoms with Crippen LogP contribution in [0, 0.1) is 12.8 Å². The number of benzene rings is 1. The minimum atomic E-state index is -0.688. The third-order valence-electron chi connectivity index (χ3n) is 5.27. The highest BCUT2D eigenvalue weighted by atomic mass is 16.5. The molecule has 2 amide bonds. The Bertz CT molecular complexity index is 1040. The summed E-state index contributed by atoms with van der Waals surface area (Å²) in [6.07, 6.45) is 0.672. The third-order valence-corrected chi connectivity index (χ3v) is 5.27. The molecule has 0 aliphatic heterocycles. The summed E-state index contributed by atoms with van der Waals surface area (Å²) in [6.45, 7) is 1.61. The number of H-pyrrole nitrogens is 1. The number of carboxylic acid groups (broad SMARTS) is 1. The van der Waals surface area contributed by atoms with Crippen LogP contribution in [0.2, 0.25) is 0 Å². The fraction of sp³-hybridized carbons (Fsp3) is 0.381. The second kappa shape index (κ2) is 10.5. The smallest absolute Gasteiger partial charge is 0.290 e. The van der Waals surface area contributed by atoms with Crippen molar-refractivity contribution in [2.75, 3.05) is 0 Å². The lowest BCUT2D eigenvalue weighted by Gasteiger charge is -2.33. The number of amides is 2. The first-order valence-corrected chi connectivity index (χ1v) is 10.1. The monoisotopic (exact) mass is 443 g/mol. The number of nitrogens with one attached hydrogen (secondary N) is 3. The Morgan fingerprint density at radius 2 is 2.06 bits per heavy atom. The molecule has 3 atom stereocenters. The number of para-hydroxylation sites is 1. The van der Waals surface area contributed by atoms with Crippen LogP contribution in [0.3, 0.4) is 0 Å². The molecule has 1 aromatic carbocycles. The first-order valence-electron chi connectivity index (χ1n) is 10.1. The summed E-state index contributed by atoms with van der Waals surface area (Å²) in [7, 11) is 0. The highest BCUT2D eigenvalue weighted by molar-refractivity contribution is 5.98. The molecule has 0 saturated heterocycles. The van der Waals surface area contributed by atoms with E-state index in [9.17, 15) is 14.7 Å². The molecular weight excluding hydrogens is 418 g/mol. The molecule has 0 radical (unpaired) electrons. The van der Waals surface area contributed by atoms with Gasteiger partial charge in [-0.1, -0.05) is 23.4 Å². The minimum Gasteiger partial charge on any atom is -0.483 e. The predicted octanol–water partition coefficient (Wildman–Crippen LogP) is 1.14. The molecule has 11 heteroatoms. The zero-order valence-corrected chi connectivity index (χ0v) is 17.4. The summed E-state index contributed by atoms with van der Waals surface area (Å²) in [5.74, 6) is 0.0994. The lowest BCUT2D eigenvalue weighted by Crippen LogP contribution is -2.49. The van der Waals surface area contributed by atoms with E-state index in [0.717, 1.165) is 10.9 Å². The highest BCUT2D eigenvalue weighted by Gasteiger charge is 2.34. The molecule has 11 nitrogen and oxygen atoms in total. The maximum absolute atomic E-state index is 12.6. The summed E-state index contributed by atoms with van der Waals surface area (Å²) in [5, 5.41) is 27.6. The molecule has 1 saturated carbocycles. The van der Waals surface area contributed by atoms with Gasteiger partial charge in [0, 0.05) is 23.7 Å². The number of hydrogen-bond acceptors (Lipinski definition) is 7. The van der Waals surface area contributed by atoms with Crippen molar-refractivity contribution in [3.05, 3.63) is 47.7 Å². The second-order valence-electron chi connectivity index (χ2n) is 7.48. The van der Waals surface area contributed by atoms with E-state index in [0.29, 0.717) is 36.7 Å². The SMILES string of the molecule is Cc1nc(CNC(=O)[C@H]2CC[C@@H](O)[C@H](NC(=O)c3cc4ccccc4[nH]3)C2)no1.O=CO. The topological polar surface area (TPSA) is 170 Å². The quantitative estimate of drug-likeness (QED) is 0.365. The van der Waals surface area contributed by atoms with Crippen molar-refractivity contribution in [2.24, 2.45) is 5.92 Å². The zero-order chi connectivity index (χ0) is 23.1. The van der Waals surface area contributed by atoms with Crippen LogP contribution in [0.4, 0.5) is 0 Å². The molecule has 1 aliphatic rings. The maximum atomic E-state index is 12.6. The largest absolute Gasteiger partial charge is 0.483 e. The van der Waals surface area contributed by atoms with Crippen molar-refractivity contribution in [2.45, 2.75) is 44.9 Å². The van der Waals surface area contributed by atoms with E-state index in [2.05, 4.69) is 25.8 Å². The number of aryl methyl sites for hydroxylation is 1. The van der Waals surface area contributed by atoms with Crippen LogP contribution in [0.15, 0.2) is 34.9 Å². The Hall–Kier alpha value is -3.73. The first-order chi connectivity index (χ1) is 15.4. The van der Waals surface area contributed by atoms with Gasteiger partial charge < -0.3 is 30.4 Å². The van der Waals surface area contributed by atoms with Gasteiger partial charge in [0.2, 0.25) is 11.8 Å². The third kappa shape index (κ3) is 5.70. The van der Waals surface area contributed by atoms with Gasteiger partial charge in [0.05, 0.1) is 18.7 Å². The standard InChI is InChI=1S/C20H23N5O4.CH2O2/c1-11-22-18(25-29-11)10-21-19(27)13-6-7-17(26)15(9-13)24-20(28)16-8-12-4-2-3-5-14(12)23-16;2-1-3/h2-5,8,13,15,17,23,26H,6-7,9-10H2,1H3,(H,21,27)(H,24,28);1H,(H,2,3)/t13-,15+,17+;/m0./s1. The average molecular weight is 443 g/mol. The van der Waals surface area contributed by atoms with Crippen molar-refractivity contribution in [3.63, 3.8) is 0 Å². The number of carbonyl (C=O) groups is 3. The van der Waals surface area contributed by atoms with Crippen molar-refractivity contribution < 1.29 is 29.1 Å². The van der Waals surface area contributed by atoms with Crippen LogP contribution in [-0.4, -0.2) is 55.8 Å². The lowest BCUT2D eigenvalue weighted by atomic mass is 9.83. The Morgan fingerprint density at radius 3 is 2.75 bits per heavy atom. The molecule has 2 aromatic heterocycles. The molecule has 32 heavy (non-hydrogen) atoms. The highest BCUT2D eigenvalue weighted by Crippen LogP contribution is 2.25. The van der Waals surface area contributed by atoms with Gasteiger partial charge >= 0.3 is 0 Å². The summed E-state index contributed by atoms with van der Waals surface area (Å²) in [6, 6.07) is 8.89. The summed E-state index contributed by atoms with van der Waals surface area (Å²) in [5.41, 5.74) is 1.30. The van der Waals surface area contributed by atoms with Crippen LogP contribution in [-0.2, 0) is 16.1 Å². The molecule has 4 rings (SSSR count). The van der Waals surface area contributed by atoms with E-state index in [1.165, 1.54) is 0 Å². The summed E-state index contributed by atoms with van der Waals surface area (Å²) < 4.78 is 4.89. The molecule has 0 unspecified atom stereocenters. The van der Waals surface area contributed by atoms with Crippen molar-refractivity contribution in [1.82, 2.24) is 25.8 Å². The number of fused-ring (bicyclic) bond motifs is 1. The zero-order valence-electron chi connectivity index (χ0n) is 17.4. The van der Waals surface area contributed by atoms with Crippen LogP contribution in [0.1, 0.15) is 41.5 Å². The van der Waals surface area contributed by atoms with Crippen LogP contribution in [0.5, 0.6) is 0 Å². The Kier molecular flexibility index (Phi) is 7.55. The number of rotatable bonds is 5. The maximum Gasteiger partial charge on any atom is 0.290 e. The Balaban J connectivity index is 0.000000913. The normalized spacial score (nSPS) is 20.1. The van der Waals surface area contributed by atoms with Gasteiger partial charge in [0.1, 0.15) is 5.69 Å². The summed E-state index contributed by atoms with van der Waals surface area (Å²) >= 11 is 0. The number of aromatic nitrogens is 3. The van der Waals surface area contributed by atoms with Gasteiger partial charge in [-0.15, -0.1) is 0 Å². The Labute approximate surface area is 183 Å². The van der Waals surface area contributed by atoms with Gasteiger partial charge in [-0.05, 0) is 31.4 Å². The predicted molar refractivity (Wildman–Crippen MR) is 112 cm³/mol. The van der Waals surface area contributed by atoms with E-state index in [4.69, 9.17) is 14.4 Å². The van der Waals surface area contributed by atoms with Crippen LogP contribution >= 0.6 is 0 Å². The molecule has 1 aliphatic carbocycles. The van der Waals surface area contributed by atoms with Crippen molar-refractivity contribution in [1.29, 1.82) is 0 Å². The number of aliphatic hydroxyl groups is 1. The number of aromatic amines is 1. The van der Waals surface area contributed by atoms with E-state index in [-0.39, 0.29) is 30.7 Å². The molecule has 2 heterocycles. The van der Waals surface area contributed by atoms with Gasteiger partial charge in [-0.25, -0.2) is 0 Å². The second-order valence-corrected chi connectivity index (χ2v) is 7.48. The van der Waals surface area contributed by atoms with Gasteiger partial charge in [-0.3, -0.25) is 14.4 Å². The number of nitrogens with zero attached hydrogens (tertiary/aromatic N) is 2. The van der Waals surface area contributed by atoms with Crippen LogP contribution in [0.25, 0.3) is 10.9 Å². The molecule has 3 aromatic rings. The van der Waals surface area contributed by atoms with E-state index < -0.39 is 12.1 Å². The molecule has 1 fully saturated rings. The van der Waals surface area contributed by atoms with Gasteiger partial charge in [-0.2, -0.15) is 4.98 Å². The summed E-state index contributed by atoms with van der Waals surface area (Å²) in [4.78, 5) is 40.6. The number of aliphatic hydroxyl groups excluding tert-OH is 1. The van der Waals surface area contributed by atoms with E-state index >= 15 is 0 Å². The number of hydrogen-bond donors (Lipinski definition) is 5. The molecule has 0 spiro atoms. The average Bonchev–Trinajstić information content (AvgIpc) is 3.40. The molecular formula is C21H25N5O6.